The first-order valence-electron chi connectivity index (χ1n) is 6.04. The van der Waals surface area contributed by atoms with Crippen LogP contribution >= 0.6 is 0 Å². The molecule has 2 nitrogen and oxygen atoms in total. The number of nitrogens with zero attached hydrogens (tertiary/aromatic N) is 1. The summed E-state index contributed by atoms with van der Waals surface area (Å²) in [5.74, 6) is -0.350. The lowest BCUT2D eigenvalue weighted by Crippen LogP contribution is -2.35. The van der Waals surface area contributed by atoms with E-state index in [0.717, 1.165) is 12.0 Å². The van der Waals surface area contributed by atoms with Crippen LogP contribution in [0.3, 0.4) is 0 Å². The van der Waals surface area contributed by atoms with Gasteiger partial charge < -0.3 is 5.73 Å². The van der Waals surface area contributed by atoms with Crippen LogP contribution in [0.25, 0.3) is 0 Å². The van der Waals surface area contributed by atoms with Gasteiger partial charge in [-0.15, -0.1) is 0 Å². The molecule has 3 heteroatoms. The zero-order valence-electron chi connectivity index (χ0n) is 10.7. The van der Waals surface area contributed by atoms with Crippen molar-refractivity contribution >= 4 is 0 Å². The predicted octanol–water partition coefficient (Wildman–Crippen LogP) is 3.01. The van der Waals surface area contributed by atoms with Gasteiger partial charge in [0.25, 0.3) is 0 Å². The molecule has 0 radical (unpaired) electrons. The maximum atomic E-state index is 12.9. The number of nitrogens with two attached hydrogens (primary N) is 1. The number of rotatable bonds is 3. The summed E-state index contributed by atoms with van der Waals surface area (Å²) in [6, 6.07) is 11.1. The molecule has 94 valence electrons. The van der Waals surface area contributed by atoms with Gasteiger partial charge in [-0.3, -0.25) is 4.98 Å². The molecule has 2 rings (SSSR count). The Labute approximate surface area is 107 Å². The lowest BCUT2D eigenvalue weighted by atomic mass is 9.88. The lowest BCUT2D eigenvalue weighted by molar-refractivity contribution is 0.567. The number of halogens is 1. The van der Waals surface area contributed by atoms with Gasteiger partial charge in [-0.1, -0.05) is 31.2 Å². The van der Waals surface area contributed by atoms with Gasteiger partial charge in [0.05, 0.1) is 17.4 Å². The Bertz CT molecular complexity index is 532. The van der Waals surface area contributed by atoms with Crippen molar-refractivity contribution in [1.82, 2.24) is 4.98 Å². The van der Waals surface area contributed by atoms with Gasteiger partial charge in [0, 0.05) is 0 Å². The highest BCUT2D eigenvalue weighted by Gasteiger charge is 2.25. The van der Waals surface area contributed by atoms with E-state index < -0.39 is 5.54 Å². The fourth-order valence-corrected chi connectivity index (χ4v) is 1.95. The van der Waals surface area contributed by atoms with Gasteiger partial charge in [-0.2, -0.15) is 0 Å². The number of aryl methyl sites for hydroxylation is 1. The molecule has 1 atom stereocenters. The van der Waals surface area contributed by atoms with E-state index in [0.29, 0.717) is 5.69 Å². The Hall–Kier alpha value is -1.74. The van der Waals surface area contributed by atoms with Gasteiger partial charge >= 0.3 is 0 Å². The maximum absolute atomic E-state index is 12.9. The summed E-state index contributed by atoms with van der Waals surface area (Å²) in [6.07, 6.45) is 2.16. The number of pyridine rings is 1. The molecule has 0 bridgehead atoms. The quantitative estimate of drug-likeness (QED) is 0.901. The lowest BCUT2D eigenvalue weighted by Gasteiger charge is -2.25. The van der Waals surface area contributed by atoms with Crippen molar-refractivity contribution in [3.05, 3.63) is 65.2 Å². The van der Waals surface area contributed by atoms with Crippen LogP contribution in [0.15, 0.2) is 42.6 Å². The first-order chi connectivity index (χ1) is 8.54. The number of benzene rings is 1. The third kappa shape index (κ3) is 2.41. The molecule has 0 aliphatic heterocycles. The van der Waals surface area contributed by atoms with Crippen LogP contribution in [0.5, 0.6) is 0 Å². The second-order valence-electron chi connectivity index (χ2n) is 4.62. The van der Waals surface area contributed by atoms with Crippen molar-refractivity contribution in [2.24, 2.45) is 5.73 Å². The molecule has 0 aliphatic carbocycles. The van der Waals surface area contributed by atoms with E-state index in [1.165, 1.54) is 17.8 Å². The number of hydrogen-bond acceptors (Lipinski definition) is 2. The predicted molar refractivity (Wildman–Crippen MR) is 70.7 cm³/mol. The molecular formula is C15H17FN2. The SMILES string of the molecule is CCc1cccc(C(C)(N)c2ccc(F)cn2)c1. The summed E-state index contributed by atoms with van der Waals surface area (Å²) in [7, 11) is 0. The fourth-order valence-electron chi connectivity index (χ4n) is 1.95. The van der Waals surface area contributed by atoms with Crippen LogP contribution in [0.2, 0.25) is 0 Å². The van der Waals surface area contributed by atoms with Crippen LogP contribution in [0, 0.1) is 5.82 Å². The third-order valence-corrected chi connectivity index (χ3v) is 3.19. The first kappa shape index (κ1) is 12.7. The van der Waals surface area contributed by atoms with Crippen molar-refractivity contribution in [2.45, 2.75) is 25.8 Å². The van der Waals surface area contributed by atoms with Gasteiger partial charge in [-0.05, 0) is 36.6 Å². The summed E-state index contributed by atoms with van der Waals surface area (Å²) < 4.78 is 12.9. The van der Waals surface area contributed by atoms with Crippen molar-refractivity contribution in [3.63, 3.8) is 0 Å². The van der Waals surface area contributed by atoms with E-state index in [1.54, 1.807) is 6.07 Å². The zero-order chi connectivity index (χ0) is 13.2. The minimum Gasteiger partial charge on any atom is -0.317 e. The minimum absolute atomic E-state index is 0.350. The second kappa shape index (κ2) is 4.86. The smallest absolute Gasteiger partial charge is 0.141 e. The number of aromatic nitrogens is 1. The summed E-state index contributed by atoms with van der Waals surface area (Å²) in [6.45, 7) is 3.99. The average Bonchev–Trinajstić information content (AvgIpc) is 2.39. The molecule has 0 saturated carbocycles. The van der Waals surface area contributed by atoms with E-state index in [1.807, 2.05) is 19.1 Å². The van der Waals surface area contributed by atoms with Gasteiger partial charge in [0.1, 0.15) is 5.82 Å². The minimum atomic E-state index is -0.709. The Morgan fingerprint density at radius 3 is 2.67 bits per heavy atom. The third-order valence-electron chi connectivity index (χ3n) is 3.19. The molecule has 0 aliphatic rings. The molecule has 2 N–H and O–H groups in total. The second-order valence-corrected chi connectivity index (χ2v) is 4.62. The summed E-state index contributed by atoms with van der Waals surface area (Å²) in [5.41, 5.74) is 8.52. The zero-order valence-corrected chi connectivity index (χ0v) is 10.7. The topological polar surface area (TPSA) is 38.9 Å². The van der Waals surface area contributed by atoms with E-state index >= 15 is 0 Å². The molecule has 0 fully saturated rings. The van der Waals surface area contributed by atoms with Crippen LogP contribution in [-0.2, 0) is 12.0 Å². The monoisotopic (exact) mass is 244 g/mol. The summed E-state index contributed by atoms with van der Waals surface area (Å²) in [5, 5.41) is 0. The molecular weight excluding hydrogens is 227 g/mol. The molecule has 18 heavy (non-hydrogen) atoms. The maximum Gasteiger partial charge on any atom is 0.141 e. The molecule has 0 amide bonds. The van der Waals surface area contributed by atoms with Gasteiger partial charge in [0.15, 0.2) is 0 Å². The molecule has 2 aromatic rings. The van der Waals surface area contributed by atoms with Crippen molar-refractivity contribution in [1.29, 1.82) is 0 Å². The highest BCUT2D eigenvalue weighted by atomic mass is 19.1. The summed E-state index contributed by atoms with van der Waals surface area (Å²) >= 11 is 0. The van der Waals surface area contributed by atoms with E-state index in [-0.39, 0.29) is 5.82 Å². The van der Waals surface area contributed by atoms with Crippen LogP contribution < -0.4 is 5.73 Å². The largest absolute Gasteiger partial charge is 0.317 e. The van der Waals surface area contributed by atoms with Gasteiger partial charge in [0.2, 0.25) is 0 Å². The van der Waals surface area contributed by atoms with E-state index in [9.17, 15) is 4.39 Å². The molecule has 1 heterocycles. The number of hydrogen-bond donors (Lipinski definition) is 1. The molecule has 1 unspecified atom stereocenters. The Kier molecular flexibility index (Phi) is 3.43. The Morgan fingerprint density at radius 1 is 1.28 bits per heavy atom. The van der Waals surface area contributed by atoms with Gasteiger partial charge in [-0.25, -0.2) is 4.39 Å². The highest BCUT2D eigenvalue weighted by Crippen LogP contribution is 2.25. The van der Waals surface area contributed by atoms with E-state index in [2.05, 4.69) is 24.0 Å². The summed E-state index contributed by atoms with van der Waals surface area (Å²) in [4.78, 5) is 4.08. The van der Waals surface area contributed by atoms with Crippen molar-refractivity contribution < 1.29 is 4.39 Å². The standard InChI is InChI=1S/C15H17FN2/c1-3-11-5-4-6-12(9-11)15(2,17)14-8-7-13(16)10-18-14/h4-10H,3,17H2,1-2H3. The molecule has 1 aromatic carbocycles. The normalized spacial score (nSPS) is 14.2. The van der Waals surface area contributed by atoms with Crippen LogP contribution in [-0.4, -0.2) is 4.98 Å². The van der Waals surface area contributed by atoms with Crippen molar-refractivity contribution in [3.8, 4) is 0 Å². The fraction of sp³-hybridized carbons (Fsp3) is 0.267. The molecule has 0 spiro atoms. The average molecular weight is 244 g/mol. The van der Waals surface area contributed by atoms with Crippen LogP contribution in [0.1, 0.15) is 30.7 Å². The first-order valence-corrected chi connectivity index (χ1v) is 6.04. The Morgan fingerprint density at radius 2 is 2.06 bits per heavy atom. The molecule has 1 aromatic heterocycles. The highest BCUT2D eigenvalue weighted by molar-refractivity contribution is 5.35. The van der Waals surface area contributed by atoms with E-state index in [4.69, 9.17) is 5.73 Å². The van der Waals surface area contributed by atoms with Crippen LogP contribution in [0.4, 0.5) is 4.39 Å². The molecule has 0 saturated heterocycles. The Balaban J connectivity index is 2.43. The van der Waals surface area contributed by atoms with Crippen molar-refractivity contribution in [2.75, 3.05) is 0 Å².